The Bertz CT molecular complexity index is 366. The zero-order valence-electron chi connectivity index (χ0n) is 11.2. The van der Waals surface area contributed by atoms with Gasteiger partial charge in [0, 0.05) is 6.04 Å². The first-order valence-electron chi connectivity index (χ1n) is 6.44. The molecule has 5 heteroatoms. The van der Waals surface area contributed by atoms with Crippen molar-refractivity contribution in [3.05, 3.63) is 0 Å². The van der Waals surface area contributed by atoms with E-state index in [9.17, 15) is 9.59 Å². The third-order valence-corrected chi connectivity index (χ3v) is 4.02. The summed E-state index contributed by atoms with van der Waals surface area (Å²) < 4.78 is 5.21. The SMILES string of the molecule is CC(C)(C)OC(=O)NC1CCC12CC(C(=O)O)C2. The van der Waals surface area contributed by atoms with Crippen molar-refractivity contribution in [2.24, 2.45) is 11.3 Å². The fraction of sp³-hybridized carbons (Fsp3) is 0.846. The Labute approximate surface area is 107 Å². The van der Waals surface area contributed by atoms with Gasteiger partial charge in [0.25, 0.3) is 0 Å². The number of carbonyl (C=O) groups is 2. The molecule has 1 amide bonds. The largest absolute Gasteiger partial charge is 0.481 e. The third kappa shape index (κ3) is 2.44. The minimum atomic E-state index is -0.719. The lowest BCUT2D eigenvalue weighted by atomic mass is 9.49. The quantitative estimate of drug-likeness (QED) is 0.792. The zero-order valence-corrected chi connectivity index (χ0v) is 11.2. The van der Waals surface area contributed by atoms with Gasteiger partial charge < -0.3 is 15.2 Å². The number of aliphatic carboxylic acids is 1. The van der Waals surface area contributed by atoms with Crippen LogP contribution in [-0.4, -0.2) is 28.8 Å². The first kappa shape index (κ1) is 13.2. The van der Waals surface area contributed by atoms with Crippen molar-refractivity contribution in [2.75, 3.05) is 0 Å². The van der Waals surface area contributed by atoms with E-state index in [1.54, 1.807) is 0 Å². The molecule has 0 aromatic carbocycles. The predicted molar refractivity (Wildman–Crippen MR) is 65.2 cm³/mol. The fourth-order valence-corrected chi connectivity index (χ4v) is 2.96. The van der Waals surface area contributed by atoms with Crippen LogP contribution < -0.4 is 5.32 Å². The van der Waals surface area contributed by atoms with Crippen LogP contribution in [0, 0.1) is 11.3 Å². The van der Waals surface area contributed by atoms with E-state index in [4.69, 9.17) is 9.84 Å². The number of alkyl carbamates (subject to hydrolysis) is 1. The van der Waals surface area contributed by atoms with Crippen LogP contribution in [0.3, 0.4) is 0 Å². The lowest BCUT2D eigenvalue weighted by Crippen LogP contribution is -2.62. The number of rotatable bonds is 2. The highest BCUT2D eigenvalue weighted by molar-refractivity contribution is 5.72. The van der Waals surface area contributed by atoms with E-state index in [0.717, 1.165) is 12.8 Å². The molecule has 0 aromatic rings. The summed E-state index contributed by atoms with van der Waals surface area (Å²) in [5.74, 6) is -0.947. The van der Waals surface area contributed by atoms with Gasteiger partial charge in [-0.2, -0.15) is 0 Å². The summed E-state index contributed by atoms with van der Waals surface area (Å²) in [5.41, 5.74) is -0.468. The Morgan fingerprint density at radius 2 is 1.94 bits per heavy atom. The van der Waals surface area contributed by atoms with Crippen molar-refractivity contribution in [1.82, 2.24) is 5.32 Å². The lowest BCUT2D eigenvalue weighted by molar-refractivity contribution is -0.157. The molecule has 2 rings (SSSR count). The van der Waals surface area contributed by atoms with Gasteiger partial charge >= 0.3 is 12.1 Å². The molecule has 0 radical (unpaired) electrons. The maximum Gasteiger partial charge on any atom is 0.407 e. The number of carboxylic acids is 1. The van der Waals surface area contributed by atoms with Crippen LogP contribution in [0.25, 0.3) is 0 Å². The second-order valence-electron chi connectivity index (χ2n) is 6.54. The Morgan fingerprint density at radius 1 is 1.33 bits per heavy atom. The fourth-order valence-electron chi connectivity index (χ4n) is 2.96. The number of ether oxygens (including phenoxy) is 1. The Hall–Kier alpha value is -1.26. The smallest absolute Gasteiger partial charge is 0.407 e. The van der Waals surface area contributed by atoms with Crippen LogP contribution in [0.15, 0.2) is 0 Å². The highest BCUT2D eigenvalue weighted by Crippen LogP contribution is 2.58. The average molecular weight is 255 g/mol. The normalized spacial score (nSPS) is 34.4. The number of hydrogen-bond acceptors (Lipinski definition) is 3. The first-order chi connectivity index (χ1) is 8.22. The molecule has 2 N–H and O–H groups in total. The summed E-state index contributed by atoms with van der Waals surface area (Å²) in [6.07, 6.45) is 2.90. The average Bonchev–Trinajstić information content (AvgIpc) is 2.06. The van der Waals surface area contributed by atoms with E-state index < -0.39 is 17.7 Å². The molecule has 0 bridgehead atoms. The maximum absolute atomic E-state index is 11.7. The molecule has 1 unspecified atom stereocenters. The summed E-state index contributed by atoms with van der Waals surface area (Å²) in [6, 6.07) is 0.0861. The molecule has 1 spiro atoms. The number of carboxylic acid groups (broad SMARTS) is 1. The van der Waals surface area contributed by atoms with E-state index in [0.29, 0.717) is 12.8 Å². The molecule has 102 valence electrons. The van der Waals surface area contributed by atoms with Gasteiger partial charge in [0.1, 0.15) is 5.60 Å². The van der Waals surface area contributed by atoms with Crippen molar-refractivity contribution in [2.45, 2.75) is 58.1 Å². The molecule has 2 saturated carbocycles. The van der Waals surface area contributed by atoms with E-state index in [1.807, 2.05) is 20.8 Å². The highest BCUT2D eigenvalue weighted by Gasteiger charge is 2.57. The molecule has 5 nitrogen and oxygen atoms in total. The van der Waals surface area contributed by atoms with Gasteiger partial charge in [-0.15, -0.1) is 0 Å². The van der Waals surface area contributed by atoms with Crippen LogP contribution in [0.5, 0.6) is 0 Å². The summed E-state index contributed by atoms with van der Waals surface area (Å²) >= 11 is 0. The standard InChI is InChI=1S/C13H21NO4/c1-12(2,3)18-11(17)14-9-4-5-13(9)6-8(7-13)10(15)16/h8-9H,4-7H2,1-3H3,(H,14,17)(H,15,16). The Balaban J connectivity index is 1.82. The molecular formula is C13H21NO4. The van der Waals surface area contributed by atoms with Gasteiger partial charge in [-0.05, 0) is 51.9 Å². The van der Waals surface area contributed by atoms with Crippen molar-refractivity contribution in [3.8, 4) is 0 Å². The lowest BCUT2D eigenvalue weighted by Gasteiger charge is -2.58. The molecule has 2 fully saturated rings. The van der Waals surface area contributed by atoms with Crippen molar-refractivity contribution in [3.63, 3.8) is 0 Å². The van der Waals surface area contributed by atoms with Gasteiger partial charge in [-0.25, -0.2) is 4.79 Å². The van der Waals surface area contributed by atoms with E-state index in [-0.39, 0.29) is 17.4 Å². The van der Waals surface area contributed by atoms with Crippen LogP contribution >= 0.6 is 0 Å². The van der Waals surface area contributed by atoms with Crippen molar-refractivity contribution >= 4 is 12.1 Å². The van der Waals surface area contributed by atoms with Gasteiger partial charge in [0.05, 0.1) is 5.92 Å². The Morgan fingerprint density at radius 3 is 2.33 bits per heavy atom. The number of carbonyl (C=O) groups excluding carboxylic acids is 1. The maximum atomic E-state index is 11.7. The zero-order chi connectivity index (χ0) is 13.6. The molecule has 18 heavy (non-hydrogen) atoms. The van der Waals surface area contributed by atoms with Crippen LogP contribution in [0.4, 0.5) is 4.79 Å². The minimum Gasteiger partial charge on any atom is -0.481 e. The van der Waals surface area contributed by atoms with E-state index in [1.165, 1.54) is 0 Å². The molecule has 0 saturated heterocycles. The highest BCUT2D eigenvalue weighted by atomic mass is 16.6. The topological polar surface area (TPSA) is 75.6 Å². The first-order valence-corrected chi connectivity index (χ1v) is 6.44. The predicted octanol–water partition coefficient (Wildman–Crippen LogP) is 2.15. The molecule has 2 aliphatic rings. The van der Waals surface area contributed by atoms with Crippen molar-refractivity contribution < 1.29 is 19.4 Å². The molecular weight excluding hydrogens is 234 g/mol. The van der Waals surface area contributed by atoms with Gasteiger partial charge in [-0.1, -0.05) is 0 Å². The molecule has 2 aliphatic carbocycles. The number of amides is 1. The number of nitrogens with one attached hydrogen (secondary N) is 1. The third-order valence-electron chi connectivity index (χ3n) is 4.02. The molecule has 1 atom stereocenters. The van der Waals surface area contributed by atoms with Crippen LogP contribution in [-0.2, 0) is 9.53 Å². The van der Waals surface area contributed by atoms with E-state index in [2.05, 4.69) is 5.32 Å². The summed E-state index contributed by atoms with van der Waals surface area (Å²) in [6.45, 7) is 5.48. The number of hydrogen-bond donors (Lipinski definition) is 2. The molecule has 0 aliphatic heterocycles. The monoisotopic (exact) mass is 255 g/mol. The van der Waals surface area contributed by atoms with Crippen molar-refractivity contribution in [1.29, 1.82) is 0 Å². The Kier molecular flexibility index (Phi) is 3.03. The summed E-state index contributed by atoms with van der Waals surface area (Å²) in [4.78, 5) is 22.5. The second-order valence-corrected chi connectivity index (χ2v) is 6.54. The molecule has 0 heterocycles. The van der Waals surface area contributed by atoms with Gasteiger partial charge in [0.2, 0.25) is 0 Å². The second kappa shape index (κ2) is 4.14. The molecule has 0 aromatic heterocycles. The van der Waals surface area contributed by atoms with Gasteiger partial charge in [0.15, 0.2) is 0 Å². The van der Waals surface area contributed by atoms with Crippen LogP contribution in [0.2, 0.25) is 0 Å². The van der Waals surface area contributed by atoms with Crippen LogP contribution in [0.1, 0.15) is 46.5 Å². The van der Waals surface area contributed by atoms with E-state index >= 15 is 0 Å². The van der Waals surface area contributed by atoms with Gasteiger partial charge in [-0.3, -0.25) is 4.79 Å². The summed E-state index contributed by atoms with van der Waals surface area (Å²) in [5, 5.41) is 11.8. The minimum absolute atomic E-state index is 0.0277. The summed E-state index contributed by atoms with van der Waals surface area (Å²) in [7, 11) is 0.